The molecule has 0 spiro atoms. The monoisotopic (exact) mass is 278 g/mol. The van der Waals surface area contributed by atoms with Crippen molar-refractivity contribution < 1.29 is 14.3 Å². The first-order valence-corrected chi connectivity index (χ1v) is 7.03. The van der Waals surface area contributed by atoms with Crippen molar-refractivity contribution in [2.45, 2.75) is 32.1 Å². The Morgan fingerprint density at radius 2 is 2.15 bits per heavy atom. The van der Waals surface area contributed by atoms with Crippen LogP contribution in [0.3, 0.4) is 0 Å². The highest BCUT2D eigenvalue weighted by Crippen LogP contribution is 2.14. The highest BCUT2D eigenvalue weighted by atomic mass is 16.6. The Bertz CT molecular complexity index is 424. The molecule has 0 bridgehead atoms. The van der Waals surface area contributed by atoms with Crippen LogP contribution in [0.15, 0.2) is 30.3 Å². The number of likely N-dealkylation sites (tertiary alicyclic amines) is 1. The lowest BCUT2D eigenvalue weighted by Gasteiger charge is -2.35. The predicted octanol–water partition coefficient (Wildman–Crippen LogP) is 1.76. The molecule has 2 rings (SSSR count). The van der Waals surface area contributed by atoms with Crippen molar-refractivity contribution in [3.05, 3.63) is 35.9 Å². The summed E-state index contributed by atoms with van der Waals surface area (Å²) in [7, 11) is 0. The topological polar surface area (TPSA) is 64.8 Å². The summed E-state index contributed by atoms with van der Waals surface area (Å²) in [5.74, 6) is 0. The molecule has 1 aliphatic heterocycles. The molecule has 1 aromatic carbocycles. The van der Waals surface area contributed by atoms with E-state index in [9.17, 15) is 4.79 Å². The van der Waals surface area contributed by atoms with Crippen LogP contribution in [0.5, 0.6) is 0 Å². The van der Waals surface area contributed by atoms with Gasteiger partial charge in [0.05, 0.1) is 6.10 Å². The molecule has 1 heterocycles. The molecular formula is C15H22N2O3. The van der Waals surface area contributed by atoms with Crippen molar-refractivity contribution in [1.82, 2.24) is 4.90 Å². The second-order valence-electron chi connectivity index (χ2n) is 4.93. The van der Waals surface area contributed by atoms with E-state index in [-0.39, 0.29) is 18.2 Å². The molecule has 1 aromatic rings. The van der Waals surface area contributed by atoms with E-state index in [0.717, 1.165) is 12.0 Å². The van der Waals surface area contributed by atoms with Gasteiger partial charge in [0.1, 0.15) is 6.61 Å². The van der Waals surface area contributed by atoms with E-state index in [1.807, 2.05) is 37.3 Å². The molecule has 20 heavy (non-hydrogen) atoms. The normalized spacial score (nSPS) is 22.6. The average Bonchev–Trinajstić information content (AvgIpc) is 2.48. The molecule has 0 radical (unpaired) electrons. The molecule has 1 aliphatic rings. The standard InChI is InChI=1S/C15H22N2O3/c1-2-19-14-8-9-17(10-13(14)16)15(18)20-11-12-6-4-3-5-7-12/h3-7,13-14H,2,8-11,16H2,1H3. The quantitative estimate of drug-likeness (QED) is 0.911. The van der Waals surface area contributed by atoms with Gasteiger partial charge in [-0.15, -0.1) is 0 Å². The van der Waals surface area contributed by atoms with Gasteiger partial charge in [0, 0.05) is 25.7 Å². The number of carbonyl (C=O) groups is 1. The van der Waals surface area contributed by atoms with Crippen molar-refractivity contribution in [3.8, 4) is 0 Å². The number of hydrogen-bond donors (Lipinski definition) is 1. The molecule has 2 N–H and O–H groups in total. The number of carbonyl (C=O) groups excluding carboxylic acids is 1. The molecule has 0 aromatic heterocycles. The van der Waals surface area contributed by atoms with Crippen molar-refractivity contribution >= 4 is 6.09 Å². The third-order valence-corrected chi connectivity index (χ3v) is 3.44. The second-order valence-corrected chi connectivity index (χ2v) is 4.93. The smallest absolute Gasteiger partial charge is 0.410 e. The molecule has 1 saturated heterocycles. The Morgan fingerprint density at radius 3 is 2.80 bits per heavy atom. The molecule has 5 nitrogen and oxygen atoms in total. The van der Waals surface area contributed by atoms with Gasteiger partial charge >= 0.3 is 6.09 Å². The van der Waals surface area contributed by atoms with E-state index in [1.54, 1.807) is 4.90 Å². The minimum atomic E-state index is -0.306. The van der Waals surface area contributed by atoms with E-state index in [4.69, 9.17) is 15.2 Å². The van der Waals surface area contributed by atoms with Crippen molar-refractivity contribution in [2.24, 2.45) is 5.73 Å². The van der Waals surface area contributed by atoms with E-state index in [1.165, 1.54) is 0 Å². The molecular weight excluding hydrogens is 256 g/mol. The van der Waals surface area contributed by atoms with Crippen LogP contribution >= 0.6 is 0 Å². The van der Waals surface area contributed by atoms with Crippen LogP contribution < -0.4 is 5.73 Å². The predicted molar refractivity (Wildman–Crippen MR) is 76.2 cm³/mol. The molecule has 1 amide bonds. The van der Waals surface area contributed by atoms with Crippen molar-refractivity contribution in [2.75, 3.05) is 19.7 Å². The zero-order valence-electron chi connectivity index (χ0n) is 11.8. The zero-order valence-corrected chi connectivity index (χ0v) is 11.8. The number of rotatable bonds is 4. The highest BCUT2D eigenvalue weighted by molar-refractivity contribution is 5.67. The average molecular weight is 278 g/mol. The van der Waals surface area contributed by atoms with Crippen molar-refractivity contribution in [1.29, 1.82) is 0 Å². The van der Waals surface area contributed by atoms with Crippen LogP contribution in [0.1, 0.15) is 18.9 Å². The number of benzene rings is 1. The maximum absolute atomic E-state index is 12.0. The third kappa shape index (κ3) is 3.95. The summed E-state index contributed by atoms with van der Waals surface area (Å²) in [6, 6.07) is 9.50. The summed E-state index contributed by atoms with van der Waals surface area (Å²) in [5, 5.41) is 0. The first kappa shape index (κ1) is 14.8. The largest absolute Gasteiger partial charge is 0.445 e. The summed E-state index contributed by atoms with van der Waals surface area (Å²) >= 11 is 0. The molecule has 0 saturated carbocycles. The lowest BCUT2D eigenvalue weighted by Crippen LogP contribution is -2.54. The van der Waals surface area contributed by atoms with Crippen LogP contribution in [-0.4, -0.2) is 42.8 Å². The number of nitrogens with two attached hydrogens (primary N) is 1. The van der Waals surface area contributed by atoms with Gasteiger partial charge < -0.3 is 20.1 Å². The Hall–Kier alpha value is -1.59. The van der Waals surface area contributed by atoms with Gasteiger partial charge in [-0.1, -0.05) is 30.3 Å². The molecule has 0 aliphatic carbocycles. The number of piperidine rings is 1. The Labute approximate surface area is 119 Å². The maximum Gasteiger partial charge on any atom is 0.410 e. The van der Waals surface area contributed by atoms with Crippen LogP contribution in [0.25, 0.3) is 0 Å². The van der Waals surface area contributed by atoms with E-state index in [2.05, 4.69) is 0 Å². The van der Waals surface area contributed by atoms with Gasteiger partial charge in [0.25, 0.3) is 0 Å². The summed E-state index contributed by atoms with van der Waals surface area (Å²) in [4.78, 5) is 13.6. The summed E-state index contributed by atoms with van der Waals surface area (Å²) in [6.45, 7) is 4.01. The van der Waals surface area contributed by atoms with Crippen LogP contribution in [0.4, 0.5) is 4.79 Å². The van der Waals surface area contributed by atoms with E-state index in [0.29, 0.717) is 26.3 Å². The number of ether oxygens (including phenoxy) is 2. The summed E-state index contributed by atoms with van der Waals surface area (Å²) in [6.07, 6.45) is 0.493. The maximum atomic E-state index is 12.0. The Morgan fingerprint density at radius 1 is 1.40 bits per heavy atom. The fourth-order valence-electron chi connectivity index (χ4n) is 2.36. The van der Waals surface area contributed by atoms with Gasteiger partial charge in [-0.2, -0.15) is 0 Å². The minimum absolute atomic E-state index is 0.0400. The van der Waals surface area contributed by atoms with Gasteiger partial charge in [0.15, 0.2) is 0 Å². The summed E-state index contributed by atoms with van der Waals surface area (Å²) < 4.78 is 10.9. The first-order chi connectivity index (χ1) is 9.70. The molecule has 2 atom stereocenters. The van der Waals surface area contributed by atoms with Crippen LogP contribution in [0.2, 0.25) is 0 Å². The highest BCUT2D eigenvalue weighted by Gasteiger charge is 2.30. The minimum Gasteiger partial charge on any atom is -0.445 e. The summed E-state index contributed by atoms with van der Waals surface area (Å²) in [5.41, 5.74) is 7.01. The number of amides is 1. The van der Waals surface area contributed by atoms with Crippen LogP contribution in [-0.2, 0) is 16.1 Å². The van der Waals surface area contributed by atoms with Crippen LogP contribution in [0, 0.1) is 0 Å². The zero-order chi connectivity index (χ0) is 14.4. The second kappa shape index (κ2) is 7.26. The lowest BCUT2D eigenvalue weighted by molar-refractivity contribution is -0.00234. The molecule has 110 valence electrons. The Balaban J connectivity index is 1.79. The molecule has 1 fully saturated rings. The SMILES string of the molecule is CCOC1CCN(C(=O)OCc2ccccc2)CC1N. The van der Waals surface area contributed by atoms with E-state index < -0.39 is 0 Å². The fourth-order valence-corrected chi connectivity index (χ4v) is 2.36. The fraction of sp³-hybridized carbons (Fsp3) is 0.533. The number of hydrogen-bond acceptors (Lipinski definition) is 4. The third-order valence-electron chi connectivity index (χ3n) is 3.44. The molecule has 2 unspecified atom stereocenters. The lowest BCUT2D eigenvalue weighted by atomic mass is 10.0. The van der Waals surface area contributed by atoms with Gasteiger partial charge in [-0.05, 0) is 18.9 Å². The van der Waals surface area contributed by atoms with Gasteiger partial charge in [-0.25, -0.2) is 4.79 Å². The van der Waals surface area contributed by atoms with E-state index >= 15 is 0 Å². The van der Waals surface area contributed by atoms with Crippen molar-refractivity contribution in [3.63, 3.8) is 0 Å². The van der Waals surface area contributed by atoms with Gasteiger partial charge in [0.2, 0.25) is 0 Å². The Kier molecular flexibility index (Phi) is 5.38. The first-order valence-electron chi connectivity index (χ1n) is 7.03. The number of nitrogens with zero attached hydrogens (tertiary/aromatic N) is 1. The van der Waals surface area contributed by atoms with Gasteiger partial charge in [-0.3, -0.25) is 0 Å². The molecule has 5 heteroatoms.